The molecule has 1 aromatic rings. The Bertz CT molecular complexity index is 483. The molecule has 82 valence electrons. The minimum atomic E-state index is -1.70. The molecule has 0 N–H and O–H groups in total. The molecule has 1 saturated carbocycles. The summed E-state index contributed by atoms with van der Waals surface area (Å²) in [4.78, 5) is 13.5. The van der Waals surface area contributed by atoms with Crippen LogP contribution in [0.15, 0.2) is 29.4 Å². The molecule has 1 fully saturated rings. The average molecular weight is 240 g/mol. The van der Waals surface area contributed by atoms with Gasteiger partial charge in [0.1, 0.15) is 5.67 Å². The molecule has 16 heavy (non-hydrogen) atoms. The van der Waals surface area contributed by atoms with Gasteiger partial charge in [-0.2, -0.15) is 0 Å². The van der Waals surface area contributed by atoms with Gasteiger partial charge in [-0.1, -0.05) is 23.7 Å². The number of benzene rings is 1. The lowest BCUT2D eigenvalue weighted by Gasteiger charge is -2.06. The van der Waals surface area contributed by atoms with Gasteiger partial charge in [-0.05, 0) is 34.8 Å². The number of carbonyl (C=O) groups excluding carboxylic acids is 1. The highest BCUT2D eigenvalue weighted by molar-refractivity contribution is 6.30. The Morgan fingerprint density at radius 3 is 2.75 bits per heavy atom. The lowest BCUT2D eigenvalue weighted by molar-refractivity contribution is -0.120. The smallest absolute Gasteiger partial charge is 0.225 e. The van der Waals surface area contributed by atoms with Crippen LogP contribution in [0.2, 0.25) is 5.02 Å². The molecule has 0 aliphatic heterocycles. The van der Waals surface area contributed by atoms with Crippen LogP contribution in [0.3, 0.4) is 0 Å². The van der Waals surface area contributed by atoms with E-state index in [-0.39, 0.29) is 6.42 Å². The highest BCUT2D eigenvalue weighted by atomic mass is 35.5. The van der Waals surface area contributed by atoms with Gasteiger partial charge in [0.05, 0.1) is 5.92 Å². The van der Waals surface area contributed by atoms with Crippen molar-refractivity contribution in [2.75, 3.05) is 0 Å². The van der Waals surface area contributed by atoms with Crippen LogP contribution < -0.4 is 0 Å². The Morgan fingerprint density at radius 2 is 2.19 bits per heavy atom. The topological polar surface area (TPSA) is 65.8 Å². The molecule has 6 heteroatoms. The van der Waals surface area contributed by atoms with E-state index in [1.807, 2.05) is 0 Å². The number of azide groups is 1. The maximum Gasteiger partial charge on any atom is 0.225 e. The second-order valence-corrected chi connectivity index (χ2v) is 4.09. The molecule has 1 aliphatic carbocycles. The average Bonchev–Trinajstić information content (AvgIpc) is 2.93. The van der Waals surface area contributed by atoms with Crippen molar-refractivity contribution >= 4 is 17.5 Å². The molecule has 0 radical (unpaired) electrons. The van der Waals surface area contributed by atoms with E-state index >= 15 is 0 Å². The molecule has 2 unspecified atom stereocenters. The van der Waals surface area contributed by atoms with Gasteiger partial charge in [-0.15, -0.1) is 0 Å². The van der Waals surface area contributed by atoms with Gasteiger partial charge in [0, 0.05) is 9.93 Å². The summed E-state index contributed by atoms with van der Waals surface area (Å²) in [5.74, 6) is -1.61. The quantitative estimate of drug-likeness (QED) is 0.443. The van der Waals surface area contributed by atoms with Gasteiger partial charge >= 0.3 is 0 Å². The number of carbonyl (C=O) groups is 1. The van der Waals surface area contributed by atoms with Gasteiger partial charge in [0.2, 0.25) is 5.91 Å². The third kappa shape index (κ3) is 1.75. The summed E-state index contributed by atoms with van der Waals surface area (Å²) in [6, 6.07) is 6.19. The zero-order valence-electron chi connectivity index (χ0n) is 8.10. The molecular weight excluding hydrogens is 233 g/mol. The summed E-state index contributed by atoms with van der Waals surface area (Å²) in [5, 5.41) is 3.41. The summed E-state index contributed by atoms with van der Waals surface area (Å²) < 4.78 is 14.2. The van der Waals surface area contributed by atoms with Crippen LogP contribution in [-0.4, -0.2) is 5.91 Å². The van der Waals surface area contributed by atoms with Gasteiger partial charge < -0.3 is 0 Å². The van der Waals surface area contributed by atoms with Crippen LogP contribution in [0, 0.1) is 5.92 Å². The lowest BCUT2D eigenvalue weighted by atomic mass is 10.1. The number of amides is 1. The highest BCUT2D eigenvalue weighted by Gasteiger charge is 2.60. The zero-order chi connectivity index (χ0) is 11.8. The summed E-state index contributed by atoms with van der Waals surface area (Å²) in [6.07, 6.45) is 0.0620. The Labute approximate surface area is 95.6 Å². The van der Waals surface area contributed by atoms with E-state index < -0.39 is 17.5 Å². The van der Waals surface area contributed by atoms with Crippen molar-refractivity contribution in [3.8, 4) is 0 Å². The van der Waals surface area contributed by atoms with E-state index in [2.05, 4.69) is 10.0 Å². The molecular formula is C10H7ClFN3O. The molecule has 0 saturated heterocycles. The van der Waals surface area contributed by atoms with E-state index in [9.17, 15) is 9.18 Å². The van der Waals surface area contributed by atoms with Crippen molar-refractivity contribution in [2.45, 2.75) is 12.1 Å². The Balaban J connectivity index is 2.21. The van der Waals surface area contributed by atoms with Gasteiger partial charge in [-0.3, -0.25) is 4.79 Å². The zero-order valence-corrected chi connectivity index (χ0v) is 8.86. The minimum Gasteiger partial charge on any atom is -0.292 e. The molecule has 4 nitrogen and oxygen atoms in total. The number of hydrogen-bond acceptors (Lipinski definition) is 1. The summed E-state index contributed by atoms with van der Waals surface area (Å²) in [5.41, 5.74) is 6.78. The lowest BCUT2D eigenvalue weighted by Crippen LogP contribution is -2.08. The summed E-state index contributed by atoms with van der Waals surface area (Å²) in [6.45, 7) is 0. The minimum absolute atomic E-state index is 0.0620. The van der Waals surface area contributed by atoms with Crippen molar-refractivity contribution in [1.82, 2.24) is 0 Å². The van der Waals surface area contributed by atoms with Crippen molar-refractivity contribution in [1.29, 1.82) is 0 Å². The van der Waals surface area contributed by atoms with Crippen molar-refractivity contribution in [3.63, 3.8) is 0 Å². The molecule has 1 aliphatic rings. The van der Waals surface area contributed by atoms with Gasteiger partial charge in [0.15, 0.2) is 0 Å². The normalized spacial score (nSPS) is 27.0. The summed E-state index contributed by atoms with van der Waals surface area (Å²) in [7, 11) is 0. The third-order valence-corrected chi connectivity index (χ3v) is 2.91. The first-order valence-electron chi connectivity index (χ1n) is 4.62. The summed E-state index contributed by atoms with van der Waals surface area (Å²) >= 11 is 5.67. The van der Waals surface area contributed by atoms with E-state index in [0.29, 0.717) is 10.6 Å². The van der Waals surface area contributed by atoms with Crippen LogP contribution in [0.4, 0.5) is 4.39 Å². The number of nitrogens with zero attached hydrogens (tertiary/aromatic N) is 3. The Kier molecular flexibility index (Phi) is 2.58. The first-order chi connectivity index (χ1) is 7.58. The fourth-order valence-corrected chi connectivity index (χ4v) is 1.81. The van der Waals surface area contributed by atoms with Crippen molar-refractivity contribution in [3.05, 3.63) is 45.3 Å². The molecule has 1 aromatic carbocycles. The molecule has 0 bridgehead atoms. The van der Waals surface area contributed by atoms with Crippen LogP contribution in [-0.2, 0) is 10.5 Å². The number of hydrogen-bond donors (Lipinski definition) is 0. The molecule has 0 aromatic heterocycles. The predicted octanol–water partition coefficient (Wildman–Crippen LogP) is 3.36. The second-order valence-electron chi connectivity index (χ2n) is 3.65. The van der Waals surface area contributed by atoms with Crippen LogP contribution in [0.1, 0.15) is 12.0 Å². The Morgan fingerprint density at radius 1 is 1.56 bits per heavy atom. The van der Waals surface area contributed by atoms with Crippen LogP contribution >= 0.6 is 11.6 Å². The fourth-order valence-electron chi connectivity index (χ4n) is 1.68. The van der Waals surface area contributed by atoms with E-state index in [4.69, 9.17) is 17.1 Å². The standard InChI is InChI=1S/C10H7ClFN3O/c11-7-3-1-6(2-4-7)10(12)5-8(10)9(16)14-15-13/h1-4,8H,5H2. The molecule has 2 atom stereocenters. The van der Waals surface area contributed by atoms with Crippen LogP contribution in [0.25, 0.3) is 10.4 Å². The first-order valence-corrected chi connectivity index (χ1v) is 4.99. The van der Waals surface area contributed by atoms with E-state index in [1.165, 1.54) is 12.1 Å². The maximum absolute atomic E-state index is 14.2. The van der Waals surface area contributed by atoms with Crippen LogP contribution in [0.5, 0.6) is 0 Å². The molecule has 0 spiro atoms. The highest BCUT2D eigenvalue weighted by Crippen LogP contribution is 2.56. The molecule has 2 rings (SSSR count). The third-order valence-electron chi connectivity index (χ3n) is 2.66. The fraction of sp³-hybridized carbons (Fsp3) is 0.300. The second kappa shape index (κ2) is 3.77. The number of rotatable bonds is 2. The van der Waals surface area contributed by atoms with Gasteiger partial charge in [-0.25, -0.2) is 4.39 Å². The van der Waals surface area contributed by atoms with E-state index in [1.54, 1.807) is 12.1 Å². The van der Waals surface area contributed by atoms with E-state index in [0.717, 1.165) is 0 Å². The van der Waals surface area contributed by atoms with Gasteiger partial charge in [0.25, 0.3) is 0 Å². The monoisotopic (exact) mass is 239 g/mol. The SMILES string of the molecule is [N-]=[N+]=NC(=O)C1CC1(F)c1ccc(Cl)cc1. The van der Waals surface area contributed by atoms with Crippen molar-refractivity contribution in [2.24, 2.45) is 11.0 Å². The molecule has 0 heterocycles. The Hall–Kier alpha value is -1.58. The first kappa shape index (κ1) is 10.9. The maximum atomic E-state index is 14.2. The predicted molar refractivity (Wildman–Crippen MR) is 56.5 cm³/mol. The largest absolute Gasteiger partial charge is 0.292 e. The number of alkyl halides is 1. The number of halogens is 2. The molecule has 1 amide bonds. The van der Waals surface area contributed by atoms with Crippen molar-refractivity contribution < 1.29 is 9.18 Å².